The first-order chi connectivity index (χ1) is 14.2. The average Bonchev–Trinajstić information content (AvgIpc) is 3.06. The molecule has 8 nitrogen and oxygen atoms in total. The Balaban J connectivity index is 1.89. The number of nitrogens with zero attached hydrogens (tertiary/aromatic N) is 3. The van der Waals surface area contributed by atoms with Gasteiger partial charge in [0.15, 0.2) is 0 Å². The van der Waals surface area contributed by atoms with E-state index in [0.717, 1.165) is 10.1 Å². The maximum Gasteiger partial charge on any atom is 0.342 e. The van der Waals surface area contributed by atoms with Gasteiger partial charge in [0.2, 0.25) is 11.6 Å². The van der Waals surface area contributed by atoms with E-state index in [9.17, 15) is 18.8 Å². The minimum Gasteiger partial charge on any atom is -0.462 e. The highest BCUT2D eigenvalue weighted by Gasteiger charge is 2.25. The van der Waals surface area contributed by atoms with E-state index in [0.29, 0.717) is 0 Å². The zero-order chi connectivity index (χ0) is 22.0. The van der Waals surface area contributed by atoms with Gasteiger partial charge < -0.3 is 14.1 Å². The van der Waals surface area contributed by atoms with Gasteiger partial charge in [0, 0.05) is 7.05 Å². The fourth-order valence-electron chi connectivity index (χ4n) is 3.14. The second-order valence-corrected chi connectivity index (χ2v) is 6.84. The lowest BCUT2D eigenvalue weighted by Crippen LogP contribution is -2.35. The van der Waals surface area contributed by atoms with Gasteiger partial charge in [-0.3, -0.25) is 14.2 Å². The number of aryl methyl sites for hydroxylation is 1. The first-order valence-corrected chi connectivity index (χ1v) is 9.41. The summed E-state index contributed by atoms with van der Waals surface area (Å²) in [6.45, 7) is 4.86. The van der Waals surface area contributed by atoms with E-state index in [4.69, 9.17) is 9.15 Å². The molecule has 2 aromatic heterocycles. The zero-order valence-electron chi connectivity index (χ0n) is 17.1. The summed E-state index contributed by atoms with van der Waals surface area (Å²) in [4.78, 5) is 43.5. The van der Waals surface area contributed by atoms with Crippen LogP contribution in [-0.2, 0) is 16.1 Å². The van der Waals surface area contributed by atoms with E-state index in [1.54, 1.807) is 40.0 Å². The van der Waals surface area contributed by atoms with Crippen LogP contribution < -0.4 is 5.56 Å². The van der Waals surface area contributed by atoms with Gasteiger partial charge in [-0.2, -0.15) is 0 Å². The number of fused-ring (bicyclic) bond motifs is 1. The number of carbonyl (C=O) groups is 2. The van der Waals surface area contributed by atoms with Gasteiger partial charge in [0.1, 0.15) is 35.4 Å². The predicted octanol–water partition coefficient (Wildman–Crippen LogP) is 2.83. The highest BCUT2D eigenvalue weighted by Crippen LogP contribution is 2.22. The molecule has 0 aliphatic carbocycles. The third-order valence-electron chi connectivity index (χ3n) is 4.97. The van der Waals surface area contributed by atoms with Crippen molar-refractivity contribution in [3.63, 3.8) is 0 Å². The summed E-state index contributed by atoms with van der Waals surface area (Å²) >= 11 is 0. The van der Waals surface area contributed by atoms with E-state index in [1.165, 1.54) is 23.4 Å². The molecule has 0 aliphatic rings. The number of hydrogen-bond donors (Lipinski definition) is 0. The molecule has 1 amide bonds. The van der Waals surface area contributed by atoms with Crippen molar-refractivity contribution >= 4 is 23.0 Å². The highest BCUT2D eigenvalue weighted by atomic mass is 19.1. The molecule has 3 rings (SSSR count). The Labute approximate surface area is 171 Å². The Kier molecular flexibility index (Phi) is 6.00. The van der Waals surface area contributed by atoms with Crippen molar-refractivity contribution in [1.29, 1.82) is 0 Å². The number of halogens is 1. The minimum atomic E-state index is -0.682. The van der Waals surface area contributed by atoms with Crippen molar-refractivity contribution in [1.82, 2.24) is 14.5 Å². The van der Waals surface area contributed by atoms with E-state index in [-0.39, 0.29) is 53.3 Å². The molecular weight excluding hydrogens is 393 g/mol. The van der Waals surface area contributed by atoms with Crippen LogP contribution in [0.25, 0.3) is 11.1 Å². The van der Waals surface area contributed by atoms with Crippen LogP contribution in [0, 0.1) is 12.7 Å². The summed E-state index contributed by atoms with van der Waals surface area (Å²) in [5, 5.41) is -0.0181. The van der Waals surface area contributed by atoms with Gasteiger partial charge in [-0.15, -0.1) is 0 Å². The largest absolute Gasteiger partial charge is 0.462 e. The lowest BCUT2D eigenvalue weighted by molar-refractivity contribution is -0.132. The number of amides is 1. The van der Waals surface area contributed by atoms with Crippen molar-refractivity contribution in [2.45, 2.75) is 33.4 Å². The highest BCUT2D eigenvalue weighted by molar-refractivity contribution is 6.03. The van der Waals surface area contributed by atoms with Crippen LogP contribution in [0.2, 0.25) is 0 Å². The van der Waals surface area contributed by atoms with Gasteiger partial charge >= 0.3 is 5.97 Å². The summed E-state index contributed by atoms with van der Waals surface area (Å²) in [6.07, 6.45) is 1.21. The van der Waals surface area contributed by atoms with Gasteiger partial charge in [0.25, 0.3) is 5.56 Å². The molecule has 0 bridgehead atoms. The molecule has 158 valence electrons. The lowest BCUT2D eigenvalue weighted by atomic mass is 10.1. The maximum absolute atomic E-state index is 13.1. The quantitative estimate of drug-likeness (QED) is 0.575. The fraction of sp³-hybridized carbons (Fsp3) is 0.333. The van der Waals surface area contributed by atoms with E-state index < -0.39 is 11.5 Å². The third kappa shape index (κ3) is 3.96. The smallest absolute Gasteiger partial charge is 0.342 e. The van der Waals surface area contributed by atoms with Crippen molar-refractivity contribution in [3.8, 4) is 0 Å². The van der Waals surface area contributed by atoms with Gasteiger partial charge in [-0.1, -0.05) is 12.1 Å². The molecule has 0 spiro atoms. The minimum absolute atomic E-state index is 0.0114. The number of likely N-dealkylation sites (N-methyl/N-ethyl adjacent to an activating group) is 1. The maximum atomic E-state index is 13.1. The molecule has 1 unspecified atom stereocenters. The van der Waals surface area contributed by atoms with Crippen molar-refractivity contribution < 1.29 is 23.1 Å². The molecule has 0 aliphatic heterocycles. The summed E-state index contributed by atoms with van der Waals surface area (Å²) in [5.74, 6) is -1.18. The number of benzene rings is 1. The number of esters is 1. The number of furan rings is 1. The Morgan fingerprint density at radius 3 is 2.60 bits per heavy atom. The molecule has 0 radical (unpaired) electrons. The first kappa shape index (κ1) is 21.2. The Bertz CT molecular complexity index is 1150. The monoisotopic (exact) mass is 415 g/mol. The van der Waals surface area contributed by atoms with E-state index >= 15 is 0 Å². The fourth-order valence-corrected chi connectivity index (χ4v) is 3.14. The molecule has 30 heavy (non-hydrogen) atoms. The van der Waals surface area contributed by atoms with Crippen molar-refractivity contribution in [2.75, 3.05) is 13.7 Å². The number of ether oxygens (including phenoxy) is 1. The molecule has 1 aromatic carbocycles. The van der Waals surface area contributed by atoms with Crippen LogP contribution in [0.5, 0.6) is 0 Å². The van der Waals surface area contributed by atoms with Gasteiger partial charge in [-0.05, 0) is 38.5 Å². The topological polar surface area (TPSA) is 94.6 Å². The number of carbonyl (C=O) groups excluding carboxylic acids is 2. The average molecular weight is 415 g/mol. The Morgan fingerprint density at radius 1 is 1.30 bits per heavy atom. The lowest BCUT2D eigenvalue weighted by Gasteiger charge is -2.25. The second kappa shape index (κ2) is 8.48. The number of aromatic nitrogens is 2. The van der Waals surface area contributed by atoms with Crippen LogP contribution in [0.3, 0.4) is 0 Å². The molecule has 1 atom stereocenters. The molecule has 0 saturated carbocycles. The second-order valence-electron chi connectivity index (χ2n) is 6.84. The summed E-state index contributed by atoms with van der Waals surface area (Å²) in [7, 11) is 1.60. The van der Waals surface area contributed by atoms with Crippen LogP contribution in [-0.4, -0.2) is 40.0 Å². The molecule has 9 heteroatoms. The molecule has 2 heterocycles. The number of hydrogen-bond acceptors (Lipinski definition) is 6. The van der Waals surface area contributed by atoms with Gasteiger partial charge in [-0.25, -0.2) is 14.2 Å². The molecule has 0 saturated heterocycles. The SMILES string of the molecule is CCOC(=O)c1c(C)oc2ncn(CC(=O)N(C)C(C)c3ccc(F)cc3)c(=O)c12. The van der Waals surface area contributed by atoms with E-state index in [2.05, 4.69) is 4.98 Å². The zero-order valence-corrected chi connectivity index (χ0v) is 17.1. The third-order valence-corrected chi connectivity index (χ3v) is 4.97. The molecule has 0 N–H and O–H groups in total. The standard InChI is InChI=1S/C21H22FN3O5/c1-5-29-21(28)17-13(3)30-19-18(17)20(27)25(11-23-19)10-16(26)24(4)12(2)14-6-8-15(22)9-7-14/h6-9,11-12H,5,10H2,1-4H3. The van der Waals surface area contributed by atoms with Crippen molar-refractivity contribution in [2.24, 2.45) is 0 Å². The Morgan fingerprint density at radius 2 is 1.97 bits per heavy atom. The number of rotatable bonds is 6. The molecular formula is C21H22FN3O5. The summed E-state index contributed by atoms with van der Waals surface area (Å²) in [6, 6.07) is 5.51. The van der Waals surface area contributed by atoms with Crippen LogP contribution in [0.1, 0.15) is 41.6 Å². The summed E-state index contributed by atoms with van der Waals surface area (Å²) in [5.41, 5.74) is 0.204. The van der Waals surface area contributed by atoms with Crippen LogP contribution in [0.15, 0.2) is 39.8 Å². The first-order valence-electron chi connectivity index (χ1n) is 9.41. The van der Waals surface area contributed by atoms with Crippen LogP contribution in [0.4, 0.5) is 4.39 Å². The summed E-state index contributed by atoms with van der Waals surface area (Å²) < 4.78 is 24.7. The predicted molar refractivity (Wildman–Crippen MR) is 107 cm³/mol. The van der Waals surface area contributed by atoms with Gasteiger partial charge in [0.05, 0.1) is 12.6 Å². The van der Waals surface area contributed by atoms with E-state index in [1.807, 2.05) is 0 Å². The molecule has 0 fully saturated rings. The Hall–Kier alpha value is -3.49. The molecule has 3 aromatic rings. The normalized spacial score (nSPS) is 12.0. The van der Waals surface area contributed by atoms with Crippen LogP contribution >= 0.6 is 0 Å². The van der Waals surface area contributed by atoms with Crippen molar-refractivity contribution in [3.05, 3.63) is 63.7 Å².